The van der Waals surface area contributed by atoms with E-state index in [1.165, 1.54) is 11.9 Å². The fraction of sp³-hybridized carbons (Fsp3) is 0.611. The van der Waals surface area contributed by atoms with Gasteiger partial charge in [0.15, 0.2) is 6.17 Å². The molecule has 1 atom stereocenters. The number of nitrogens with two attached hydrogens (primary N) is 1. The molecule has 1 aromatic rings. The molecule has 1 saturated carbocycles. The molecular weight excluding hydrogens is 402 g/mol. The van der Waals surface area contributed by atoms with E-state index in [4.69, 9.17) is 10.5 Å². The van der Waals surface area contributed by atoms with Crippen LogP contribution in [0.15, 0.2) is 33.4 Å². The Morgan fingerprint density at radius 2 is 2.17 bits per heavy atom. The Kier molecular flexibility index (Phi) is 6.91. The maximum absolute atomic E-state index is 13.3. The number of alkyl halides is 2. The van der Waals surface area contributed by atoms with Gasteiger partial charge in [-0.05, 0) is 55.5 Å². The fourth-order valence-corrected chi connectivity index (χ4v) is 4.30. The van der Waals surface area contributed by atoms with Crippen molar-refractivity contribution in [3.8, 4) is 5.75 Å². The quantitative estimate of drug-likeness (QED) is 0.618. The molecular formula is C18H26F2N6O2S. The number of hydrogen-bond acceptors (Lipinski definition) is 8. The highest BCUT2D eigenvalue weighted by atomic mass is 32.2. The number of primary amides is 1. The van der Waals surface area contributed by atoms with Crippen LogP contribution < -0.4 is 15.9 Å². The highest BCUT2D eigenvalue weighted by Crippen LogP contribution is 2.37. The van der Waals surface area contributed by atoms with Crippen LogP contribution >= 0.6 is 11.9 Å². The Labute approximate surface area is 172 Å². The lowest BCUT2D eigenvalue weighted by atomic mass is 9.87. The summed E-state index contributed by atoms with van der Waals surface area (Å²) < 4.78 is 33.8. The lowest BCUT2D eigenvalue weighted by Crippen LogP contribution is -2.37. The van der Waals surface area contributed by atoms with Crippen LogP contribution in [0.1, 0.15) is 37.4 Å². The first kappa shape index (κ1) is 21.7. The summed E-state index contributed by atoms with van der Waals surface area (Å²) in [6.45, 7) is 0.676. The summed E-state index contributed by atoms with van der Waals surface area (Å²) >= 11 is 1.36. The number of nitrogens with zero attached hydrogens (tertiary/aromatic N) is 4. The Bertz CT molecular complexity index is 756. The predicted octanol–water partition coefficient (Wildman–Crippen LogP) is 3.13. The molecule has 160 valence electrons. The van der Waals surface area contributed by atoms with Gasteiger partial charge in [-0.25, -0.2) is 18.2 Å². The zero-order chi connectivity index (χ0) is 21.0. The number of benzene rings is 1. The summed E-state index contributed by atoms with van der Waals surface area (Å²) in [5.74, 6) is -2.11. The minimum atomic E-state index is -2.53. The van der Waals surface area contributed by atoms with Gasteiger partial charge < -0.3 is 10.5 Å². The summed E-state index contributed by atoms with van der Waals surface area (Å²) in [5.41, 5.74) is 9.28. The van der Waals surface area contributed by atoms with Gasteiger partial charge in [-0.2, -0.15) is 5.43 Å². The average Bonchev–Trinajstić information content (AvgIpc) is 3.11. The summed E-state index contributed by atoms with van der Waals surface area (Å²) in [6.07, 6.45) is 0.490. The molecule has 0 saturated heterocycles. The Balaban J connectivity index is 1.57. The van der Waals surface area contributed by atoms with Gasteiger partial charge in [-0.1, -0.05) is 11.3 Å². The van der Waals surface area contributed by atoms with Crippen molar-refractivity contribution in [2.45, 2.75) is 42.7 Å². The molecule has 0 bridgehead atoms. The van der Waals surface area contributed by atoms with Crippen molar-refractivity contribution in [3.05, 3.63) is 23.8 Å². The van der Waals surface area contributed by atoms with Crippen LogP contribution in [0.2, 0.25) is 0 Å². The number of halogens is 2. The van der Waals surface area contributed by atoms with Crippen molar-refractivity contribution >= 4 is 17.9 Å². The lowest BCUT2D eigenvalue weighted by Gasteiger charge is -2.30. The number of carbonyl (C=O) groups is 1. The van der Waals surface area contributed by atoms with Crippen LogP contribution in [0.5, 0.6) is 5.75 Å². The van der Waals surface area contributed by atoms with E-state index in [2.05, 4.69) is 15.8 Å². The van der Waals surface area contributed by atoms with Crippen molar-refractivity contribution in [1.82, 2.24) is 14.8 Å². The first-order chi connectivity index (χ1) is 13.8. The Morgan fingerprint density at radius 1 is 1.45 bits per heavy atom. The molecule has 1 fully saturated rings. The number of ether oxygens (including phenoxy) is 1. The van der Waals surface area contributed by atoms with Gasteiger partial charge in [0.1, 0.15) is 5.75 Å². The maximum atomic E-state index is 13.3. The van der Waals surface area contributed by atoms with Gasteiger partial charge in [0.2, 0.25) is 11.8 Å². The molecule has 2 aliphatic rings. The number of methoxy groups -OCH3 is 1. The summed E-state index contributed by atoms with van der Waals surface area (Å²) in [6, 6.07) is 5.66. The molecule has 1 heterocycles. The van der Waals surface area contributed by atoms with Crippen molar-refractivity contribution in [3.63, 3.8) is 0 Å². The second-order valence-electron chi connectivity index (χ2n) is 7.37. The Morgan fingerprint density at radius 3 is 2.83 bits per heavy atom. The largest absolute Gasteiger partial charge is 0.496 e. The van der Waals surface area contributed by atoms with Gasteiger partial charge in [0.25, 0.3) is 0 Å². The highest BCUT2D eigenvalue weighted by Gasteiger charge is 2.36. The minimum absolute atomic E-state index is 0.0629. The smallest absolute Gasteiger partial charge is 0.248 e. The van der Waals surface area contributed by atoms with Crippen molar-refractivity contribution in [1.29, 1.82) is 0 Å². The van der Waals surface area contributed by atoms with Crippen LogP contribution in [0.25, 0.3) is 0 Å². The predicted molar refractivity (Wildman–Crippen MR) is 105 cm³/mol. The van der Waals surface area contributed by atoms with E-state index in [1.807, 2.05) is 18.2 Å². The number of rotatable bonds is 8. The third kappa shape index (κ3) is 6.00. The molecule has 11 heteroatoms. The van der Waals surface area contributed by atoms with Gasteiger partial charge >= 0.3 is 0 Å². The number of amides is 1. The van der Waals surface area contributed by atoms with E-state index >= 15 is 0 Å². The fourth-order valence-electron chi connectivity index (χ4n) is 3.41. The first-order valence-corrected chi connectivity index (χ1v) is 10.2. The topological polar surface area (TPSA) is 95.6 Å². The molecule has 0 radical (unpaired) electrons. The monoisotopic (exact) mass is 428 g/mol. The molecule has 29 heavy (non-hydrogen) atoms. The van der Waals surface area contributed by atoms with E-state index in [9.17, 15) is 13.6 Å². The summed E-state index contributed by atoms with van der Waals surface area (Å²) in [7, 11) is 3.35. The molecule has 1 aliphatic heterocycles. The normalized spacial score (nSPS) is 21.7. The van der Waals surface area contributed by atoms with Gasteiger partial charge in [0.05, 0.1) is 25.1 Å². The molecule has 3 rings (SSSR count). The summed E-state index contributed by atoms with van der Waals surface area (Å²) in [4.78, 5) is 11.9. The lowest BCUT2D eigenvalue weighted by molar-refractivity contribution is -0.117. The molecule has 1 amide bonds. The average molecular weight is 429 g/mol. The van der Waals surface area contributed by atoms with E-state index in [0.717, 1.165) is 10.5 Å². The van der Waals surface area contributed by atoms with Gasteiger partial charge in [0, 0.05) is 12.8 Å². The minimum Gasteiger partial charge on any atom is -0.496 e. The SMILES string of the molecule is COc1cc(C2N=NN(CC3CCC(F)(F)CC3)N2)ccc1SN(C)CC(N)=O. The summed E-state index contributed by atoms with van der Waals surface area (Å²) in [5, 5.41) is 10.0. The van der Waals surface area contributed by atoms with E-state index < -0.39 is 11.8 Å². The second kappa shape index (κ2) is 9.23. The third-order valence-electron chi connectivity index (χ3n) is 4.95. The molecule has 0 aromatic heterocycles. The molecule has 1 aliphatic carbocycles. The standard InChI is InChI=1S/C18H26F2N6O2S/c1-25(11-16(21)27)29-15-4-3-13(9-14(15)28-2)17-22-24-26(23-17)10-12-5-7-18(19,20)8-6-12/h3-4,9,12,17,23H,5-8,10-11H2,1-2H3,(H2,21,27). The zero-order valence-electron chi connectivity index (χ0n) is 16.5. The van der Waals surface area contributed by atoms with Crippen molar-refractivity contribution < 1.29 is 18.3 Å². The number of likely N-dealkylation sites (N-methyl/N-ethyl adjacent to an activating group) is 1. The Hall–Kier alpha value is -1.98. The van der Waals surface area contributed by atoms with Gasteiger partial charge in [-0.3, -0.25) is 4.79 Å². The van der Waals surface area contributed by atoms with E-state index in [0.29, 0.717) is 25.1 Å². The van der Waals surface area contributed by atoms with Gasteiger partial charge in [-0.15, -0.1) is 5.11 Å². The highest BCUT2D eigenvalue weighted by molar-refractivity contribution is 7.97. The van der Waals surface area contributed by atoms with Crippen LogP contribution in [-0.2, 0) is 4.79 Å². The molecule has 0 spiro atoms. The van der Waals surface area contributed by atoms with Crippen LogP contribution in [0.4, 0.5) is 8.78 Å². The molecule has 3 N–H and O–H groups in total. The molecule has 8 nitrogen and oxygen atoms in total. The second-order valence-corrected chi connectivity index (χ2v) is 8.62. The maximum Gasteiger partial charge on any atom is 0.248 e. The number of nitrogens with one attached hydrogen (secondary N) is 1. The molecule has 1 aromatic carbocycles. The van der Waals surface area contributed by atoms with E-state index in [-0.39, 0.29) is 31.5 Å². The number of carbonyl (C=O) groups excluding carboxylic acids is 1. The number of hydrogen-bond donors (Lipinski definition) is 2. The van der Waals surface area contributed by atoms with Crippen molar-refractivity contribution in [2.24, 2.45) is 22.0 Å². The molecule has 1 unspecified atom stereocenters. The van der Waals surface area contributed by atoms with Crippen LogP contribution in [0, 0.1) is 5.92 Å². The van der Waals surface area contributed by atoms with E-state index in [1.54, 1.807) is 23.6 Å². The number of hydrazine groups is 1. The first-order valence-electron chi connectivity index (χ1n) is 9.43. The third-order valence-corrected chi connectivity index (χ3v) is 5.93. The zero-order valence-corrected chi connectivity index (χ0v) is 17.3. The van der Waals surface area contributed by atoms with Crippen molar-refractivity contribution in [2.75, 3.05) is 27.2 Å². The van der Waals surface area contributed by atoms with Crippen LogP contribution in [0.3, 0.4) is 0 Å². The van der Waals surface area contributed by atoms with Crippen LogP contribution in [-0.4, -0.2) is 48.5 Å².